The van der Waals surface area contributed by atoms with Crippen LogP contribution in [0.2, 0.25) is 0 Å². The van der Waals surface area contributed by atoms with Crippen molar-refractivity contribution in [1.29, 1.82) is 0 Å². The lowest BCUT2D eigenvalue weighted by atomic mass is 9.95. The second kappa shape index (κ2) is 6.57. The standard InChI is InChI=1S/C21H24N4O/c1-14-7-15(2)9-18(8-14)17-5-6-24(12-17)21(26)19-13-25-11-16(10-22)3-4-20(25)23-19/h3-4,7-9,11,13,17H,5-6,10,12,22H2,1-2H3. The van der Waals surface area contributed by atoms with Gasteiger partial charge in [-0.2, -0.15) is 0 Å². The van der Waals surface area contributed by atoms with Crippen molar-refractivity contribution in [2.45, 2.75) is 32.7 Å². The van der Waals surface area contributed by atoms with Crippen LogP contribution in [0.3, 0.4) is 0 Å². The van der Waals surface area contributed by atoms with E-state index in [9.17, 15) is 4.79 Å². The minimum absolute atomic E-state index is 0.00914. The van der Waals surface area contributed by atoms with Gasteiger partial charge >= 0.3 is 0 Å². The highest BCUT2D eigenvalue weighted by Gasteiger charge is 2.29. The topological polar surface area (TPSA) is 63.6 Å². The van der Waals surface area contributed by atoms with E-state index in [0.29, 0.717) is 18.2 Å². The van der Waals surface area contributed by atoms with Crippen LogP contribution in [0.1, 0.15) is 45.1 Å². The summed E-state index contributed by atoms with van der Waals surface area (Å²) in [6.45, 7) is 6.25. The maximum absolute atomic E-state index is 12.9. The number of carbonyl (C=O) groups excluding carboxylic acids is 1. The van der Waals surface area contributed by atoms with Crippen molar-refractivity contribution in [3.63, 3.8) is 0 Å². The fraction of sp³-hybridized carbons (Fsp3) is 0.333. The number of hydrogen-bond donors (Lipinski definition) is 1. The molecule has 134 valence electrons. The number of fused-ring (bicyclic) bond motifs is 1. The monoisotopic (exact) mass is 348 g/mol. The molecule has 0 spiro atoms. The molecule has 4 rings (SSSR count). The van der Waals surface area contributed by atoms with Crippen LogP contribution in [0.25, 0.3) is 5.65 Å². The molecule has 3 heterocycles. The Hall–Kier alpha value is -2.66. The molecule has 2 N–H and O–H groups in total. The van der Waals surface area contributed by atoms with Crippen LogP contribution in [-0.4, -0.2) is 33.3 Å². The lowest BCUT2D eigenvalue weighted by molar-refractivity contribution is 0.0785. The first-order chi connectivity index (χ1) is 12.5. The molecule has 3 aromatic rings. The Morgan fingerprint density at radius 2 is 1.96 bits per heavy atom. The van der Waals surface area contributed by atoms with Gasteiger partial charge in [0, 0.05) is 37.9 Å². The van der Waals surface area contributed by atoms with Crippen molar-refractivity contribution in [2.75, 3.05) is 13.1 Å². The van der Waals surface area contributed by atoms with Crippen LogP contribution < -0.4 is 5.73 Å². The predicted molar refractivity (Wildman–Crippen MR) is 102 cm³/mol. The summed E-state index contributed by atoms with van der Waals surface area (Å²) in [5.74, 6) is 0.410. The quantitative estimate of drug-likeness (QED) is 0.791. The smallest absolute Gasteiger partial charge is 0.274 e. The number of rotatable bonds is 3. The van der Waals surface area contributed by atoms with E-state index < -0.39 is 0 Å². The summed E-state index contributed by atoms with van der Waals surface area (Å²) in [6.07, 6.45) is 4.74. The van der Waals surface area contributed by atoms with E-state index in [1.54, 1.807) is 6.20 Å². The Labute approximate surface area is 153 Å². The minimum Gasteiger partial charge on any atom is -0.337 e. The molecular formula is C21H24N4O. The maximum Gasteiger partial charge on any atom is 0.274 e. The SMILES string of the molecule is Cc1cc(C)cc(C2CCN(C(=O)c3cn4cc(CN)ccc4n3)C2)c1. The first-order valence-electron chi connectivity index (χ1n) is 9.08. The Balaban J connectivity index is 1.54. The van der Waals surface area contributed by atoms with Gasteiger partial charge in [0.05, 0.1) is 0 Å². The van der Waals surface area contributed by atoms with Gasteiger partial charge in [-0.05, 0) is 37.5 Å². The van der Waals surface area contributed by atoms with Crippen molar-refractivity contribution in [1.82, 2.24) is 14.3 Å². The average Bonchev–Trinajstić information content (AvgIpc) is 3.26. The number of nitrogens with two attached hydrogens (primary N) is 1. The van der Waals surface area contributed by atoms with Gasteiger partial charge in [-0.1, -0.05) is 35.4 Å². The molecule has 0 radical (unpaired) electrons. The number of pyridine rings is 1. The number of carbonyl (C=O) groups is 1. The van der Waals surface area contributed by atoms with Crippen molar-refractivity contribution in [2.24, 2.45) is 5.73 Å². The molecule has 5 heteroatoms. The number of amides is 1. The molecule has 2 aromatic heterocycles. The summed E-state index contributed by atoms with van der Waals surface area (Å²) in [4.78, 5) is 19.3. The molecule has 0 aliphatic carbocycles. The van der Waals surface area contributed by atoms with Crippen molar-refractivity contribution in [3.8, 4) is 0 Å². The summed E-state index contributed by atoms with van der Waals surface area (Å²) in [5.41, 5.74) is 11.9. The van der Waals surface area contributed by atoms with Crippen LogP contribution in [0, 0.1) is 13.8 Å². The molecule has 1 unspecified atom stereocenters. The molecule has 1 saturated heterocycles. The number of aryl methyl sites for hydroxylation is 2. The van der Waals surface area contributed by atoms with Crippen LogP contribution in [0.4, 0.5) is 0 Å². The number of hydrogen-bond acceptors (Lipinski definition) is 3. The third-order valence-electron chi connectivity index (χ3n) is 5.16. The first kappa shape index (κ1) is 16.8. The summed E-state index contributed by atoms with van der Waals surface area (Å²) in [5, 5.41) is 0. The summed E-state index contributed by atoms with van der Waals surface area (Å²) in [6, 6.07) is 10.5. The molecule has 1 amide bonds. The van der Waals surface area contributed by atoms with Crippen LogP contribution >= 0.6 is 0 Å². The number of aromatic nitrogens is 2. The largest absolute Gasteiger partial charge is 0.337 e. The second-order valence-electron chi connectivity index (χ2n) is 7.29. The lowest BCUT2D eigenvalue weighted by Gasteiger charge is -2.16. The van der Waals surface area contributed by atoms with Gasteiger partial charge in [0.25, 0.3) is 5.91 Å². The number of likely N-dealkylation sites (tertiary alicyclic amines) is 1. The van der Waals surface area contributed by atoms with E-state index in [4.69, 9.17) is 5.73 Å². The van der Waals surface area contributed by atoms with E-state index in [0.717, 1.165) is 30.7 Å². The van der Waals surface area contributed by atoms with Gasteiger partial charge < -0.3 is 15.0 Å². The molecule has 1 atom stereocenters. The van der Waals surface area contributed by atoms with Gasteiger partial charge in [-0.15, -0.1) is 0 Å². The molecule has 1 fully saturated rings. The average molecular weight is 348 g/mol. The molecule has 0 bridgehead atoms. The Morgan fingerprint density at radius 1 is 1.19 bits per heavy atom. The summed E-state index contributed by atoms with van der Waals surface area (Å²) >= 11 is 0. The fourth-order valence-electron chi connectivity index (χ4n) is 3.89. The van der Waals surface area contributed by atoms with E-state index >= 15 is 0 Å². The van der Waals surface area contributed by atoms with Crippen LogP contribution in [-0.2, 0) is 6.54 Å². The lowest BCUT2D eigenvalue weighted by Crippen LogP contribution is -2.28. The van der Waals surface area contributed by atoms with E-state index in [1.807, 2.05) is 27.6 Å². The summed E-state index contributed by atoms with van der Waals surface area (Å²) in [7, 11) is 0. The second-order valence-corrected chi connectivity index (χ2v) is 7.29. The van der Waals surface area contributed by atoms with Gasteiger partial charge in [-0.25, -0.2) is 4.98 Å². The maximum atomic E-state index is 12.9. The van der Waals surface area contributed by atoms with E-state index in [2.05, 4.69) is 37.0 Å². The zero-order valence-corrected chi connectivity index (χ0v) is 15.3. The van der Waals surface area contributed by atoms with Gasteiger partial charge in [-0.3, -0.25) is 4.79 Å². The Morgan fingerprint density at radius 3 is 2.69 bits per heavy atom. The predicted octanol–water partition coefficient (Wildman–Crippen LogP) is 3.04. The highest BCUT2D eigenvalue weighted by atomic mass is 16.2. The number of benzene rings is 1. The zero-order valence-electron chi connectivity index (χ0n) is 15.3. The highest BCUT2D eigenvalue weighted by molar-refractivity contribution is 5.93. The minimum atomic E-state index is 0.00914. The van der Waals surface area contributed by atoms with Crippen molar-refractivity contribution < 1.29 is 4.79 Å². The molecule has 1 aliphatic heterocycles. The fourth-order valence-corrected chi connectivity index (χ4v) is 3.89. The van der Waals surface area contributed by atoms with Gasteiger partial charge in [0.2, 0.25) is 0 Å². The van der Waals surface area contributed by atoms with E-state index in [-0.39, 0.29) is 5.91 Å². The highest BCUT2D eigenvalue weighted by Crippen LogP contribution is 2.29. The summed E-state index contributed by atoms with van der Waals surface area (Å²) < 4.78 is 1.88. The van der Waals surface area contributed by atoms with E-state index in [1.165, 1.54) is 16.7 Å². The van der Waals surface area contributed by atoms with Crippen molar-refractivity contribution in [3.05, 3.63) is 70.7 Å². The molecular weight excluding hydrogens is 324 g/mol. The van der Waals surface area contributed by atoms with Gasteiger partial charge in [0.1, 0.15) is 11.3 Å². The Bertz CT molecular complexity index is 955. The van der Waals surface area contributed by atoms with Gasteiger partial charge in [0.15, 0.2) is 0 Å². The molecule has 26 heavy (non-hydrogen) atoms. The van der Waals surface area contributed by atoms with Crippen molar-refractivity contribution >= 4 is 11.6 Å². The third kappa shape index (κ3) is 3.10. The molecule has 0 saturated carbocycles. The van der Waals surface area contributed by atoms with Crippen LogP contribution in [0.15, 0.2) is 42.7 Å². The first-order valence-corrected chi connectivity index (χ1v) is 9.08. The molecule has 1 aliphatic rings. The molecule has 5 nitrogen and oxygen atoms in total. The Kier molecular flexibility index (Phi) is 4.24. The number of imidazole rings is 1. The molecule has 1 aromatic carbocycles. The number of nitrogens with zero attached hydrogens (tertiary/aromatic N) is 3. The zero-order chi connectivity index (χ0) is 18.3. The van der Waals surface area contributed by atoms with Crippen LogP contribution in [0.5, 0.6) is 0 Å². The third-order valence-corrected chi connectivity index (χ3v) is 5.16. The normalized spacial score (nSPS) is 17.2.